The van der Waals surface area contributed by atoms with Crippen molar-refractivity contribution in [3.8, 4) is 0 Å². The quantitative estimate of drug-likeness (QED) is 0.132. The summed E-state index contributed by atoms with van der Waals surface area (Å²) in [5.41, 5.74) is 0.325. The monoisotopic (exact) mass is 475 g/mol. The van der Waals surface area contributed by atoms with Crippen molar-refractivity contribution >= 4 is 11.9 Å². The second-order valence-corrected chi connectivity index (χ2v) is 9.39. The normalized spacial score (nSPS) is 11.9. The highest BCUT2D eigenvalue weighted by atomic mass is 16.5. The summed E-state index contributed by atoms with van der Waals surface area (Å²) in [6.45, 7) is 6.85. The van der Waals surface area contributed by atoms with Gasteiger partial charge in [-0.2, -0.15) is 0 Å². The van der Waals surface area contributed by atoms with E-state index in [9.17, 15) is 9.59 Å². The summed E-state index contributed by atoms with van der Waals surface area (Å²) in [4.78, 5) is 29.1. The molecule has 194 valence electrons. The predicted molar refractivity (Wildman–Crippen MR) is 139 cm³/mol. The maximum atomic E-state index is 12.5. The van der Waals surface area contributed by atoms with E-state index in [0.717, 1.165) is 44.9 Å². The maximum absolute atomic E-state index is 12.5. The number of ether oxygens (including phenoxy) is 2. The van der Waals surface area contributed by atoms with E-state index in [2.05, 4.69) is 25.8 Å². The van der Waals surface area contributed by atoms with Gasteiger partial charge in [0, 0.05) is 0 Å². The van der Waals surface area contributed by atoms with Crippen molar-refractivity contribution < 1.29 is 19.1 Å². The second kappa shape index (κ2) is 20.5. The summed E-state index contributed by atoms with van der Waals surface area (Å²) in [5.74, 6) is -0.945. The minimum Gasteiger partial charge on any atom is -0.461 e. The van der Waals surface area contributed by atoms with E-state index < -0.39 is 11.9 Å². The number of hydrogen-bond acceptors (Lipinski definition) is 5. The maximum Gasteiger partial charge on any atom is 0.357 e. The molecule has 0 amide bonds. The Bertz CT molecular complexity index is 661. The largest absolute Gasteiger partial charge is 0.461 e. The highest BCUT2D eigenvalue weighted by Crippen LogP contribution is 2.15. The van der Waals surface area contributed by atoms with Crippen LogP contribution in [0.3, 0.4) is 0 Å². The van der Waals surface area contributed by atoms with Crippen LogP contribution in [0.4, 0.5) is 0 Å². The molecule has 0 aliphatic heterocycles. The van der Waals surface area contributed by atoms with Gasteiger partial charge in [-0.15, -0.1) is 0 Å². The van der Waals surface area contributed by atoms with Crippen molar-refractivity contribution in [2.24, 2.45) is 0 Å². The van der Waals surface area contributed by atoms with Gasteiger partial charge in [-0.1, -0.05) is 117 Å². The highest BCUT2D eigenvalue weighted by molar-refractivity contribution is 5.91. The SMILES string of the molecule is CCCCCCCCCCCCCCOC(=O)c1cccc(C(=O)OC(CCC)CCCC)n1. The van der Waals surface area contributed by atoms with Crippen molar-refractivity contribution in [2.45, 2.75) is 136 Å². The Kier molecular flexibility index (Phi) is 18.1. The summed E-state index contributed by atoms with van der Waals surface area (Å²) in [6.07, 6.45) is 19.9. The molecular weight excluding hydrogens is 426 g/mol. The zero-order valence-corrected chi connectivity index (χ0v) is 22.1. The van der Waals surface area contributed by atoms with Gasteiger partial charge in [-0.05, 0) is 31.4 Å². The Morgan fingerprint density at radius 3 is 1.76 bits per heavy atom. The van der Waals surface area contributed by atoms with E-state index in [-0.39, 0.29) is 17.5 Å². The number of pyridine rings is 1. The average molecular weight is 476 g/mol. The molecule has 1 atom stereocenters. The third kappa shape index (κ3) is 14.4. The number of unbranched alkanes of at least 4 members (excludes halogenated alkanes) is 12. The molecule has 1 rings (SSSR count). The van der Waals surface area contributed by atoms with Gasteiger partial charge < -0.3 is 9.47 Å². The van der Waals surface area contributed by atoms with Crippen molar-refractivity contribution in [1.82, 2.24) is 4.98 Å². The van der Waals surface area contributed by atoms with Gasteiger partial charge in [0.05, 0.1) is 6.61 Å². The molecule has 34 heavy (non-hydrogen) atoms. The van der Waals surface area contributed by atoms with E-state index in [1.165, 1.54) is 64.2 Å². The lowest BCUT2D eigenvalue weighted by molar-refractivity contribution is 0.0247. The van der Waals surface area contributed by atoms with Crippen molar-refractivity contribution in [3.63, 3.8) is 0 Å². The first-order valence-electron chi connectivity index (χ1n) is 14.0. The van der Waals surface area contributed by atoms with Gasteiger partial charge in [0.1, 0.15) is 17.5 Å². The van der Waals surface area contributed by atoms with E-state index in [1.807, 2.05) is 0 Å². The Balaban J connectivity index is 2.23. The molecule has 1 heterocycles. The fourth-order valence-corrected chi connectivity index (χ4v) is 4.07. The van der Waals surface area contributed by atoms with Crippen LogP contribution in [0, 0.1) is 0 Å². The molecule has 0 saturated heterocycles. The molecule has 0 N–H and O–H groups in total. The summed E-state index contributed by atoms with van der Waals surface area (Å²) < 4.78 is 11.0. The number of carbonyl (C=O) groups excluding carboxylic acids is 2. The molecule has 5 nitrogen and oxygen atoms in total. The third-order valence-electron chi connectivity index (χ3n) is 6.16. The van der Waals surface area contributed by atoms with E-state index in [0.29, 0.717) is 6.61 Å². The topological polar surface area (TPSA) is 65.5 Å². The minimum absolute atomic E-state index is 0.0966. The van der Waals surface area contributed by atoms with Gasteiger partial charge in [0.15, 0.2) is 0 Å². The highest BCUT2D eigenvalue weighted by Gasteiger charge is 2.18. The van der Waals surface area contributed by atoms with Crippen LogP contribution >= 0.6 is 0 Å². The Morgan fingerprint density at radius 2 is 1.21 bits per heavy atom. The van der Waals surface area contributed by atoms with Gasteiger partial charge in [0.2, 0.25) is 0 Å². The van der Waals surface area contributed by atoms with Crippen LogP contribution in [0.15, 0.2) is 18.2 Å². The number of rotatable bonds is 21. The molecule has 5 heteroatoms. The van der Waals surface area contributed by atoms with Crippen molar-refractivity contribution in [3.05, 3.63) is 29.6 Å². The van der Waals surface area contributed by atoms with Crippen LogP contribution in [0.2, 0.25) is 0 Å². The molecule has 0 fully saturated rings. The van der Waals surface area contributed by atoms with Gasteiger partial charge in [0.25, 0.3) is 0 Å². The lowest BCUT2D eigenvalue weighted by Gasteiger charge is -2.16. The summed E-state index contributed by atoms with van der Waals surface area (Å²) in [6, 6.07) is 4.83. The zero-order chi connectivity index (χ0) is 24.9. The van der Waals surface area contributed by atoms with E-state index in [1.54, 1.807) is 18.2 Å². The number of hydrogen-bond donors (Lipinski definition) is 0. The van der Waals surface area contributed by atoms with Crippen LogP contribution in [0.1, 0.15) is 151 Å². The Morgan fingerprint density at radius 1 is 0.676 bits per heavy atom. The summed E-state index contributed by atoms with van der Waals surface area (Å²) in [7, 11) is 0. The number of aromatic nitrogens is 1. The second-order valence-electron chi connectivity index (χ2n) is 9.39. The fraction of sp³-hybridized carbons (Fsp3) is 0.759. The van der Waals surface area contributed by atoms with Gasteiger partial charge in [-0.25, -0.2) is 14.6 Å². The third-order valence-corrected chi connectivity index (χ3v) is 6.16. The van der Waals surface area contributed by atoms with Crippen molar-refractivity contribution in [2.75, 3.05) is 6.61 Å². The predicted octanol–water partition coefficient (Wildman–Crippen LogP) is 8.46. The molecule has 1 aromatic rings. The number of carbonyl (C=O) groups is 2. The molecule has 0 spiro atoms. The van der Waals surface area contributed by atoms with E-state index in [4.69, 9.17) is 9.47 Å². The first kappa shape index (κ1) is 30.1. The molecular formula is C29H49NO4. The molecule has 0 saturated carbocycles. The van der Waals surface area contributed by atoms with E-state index >= 15 is 0 Å². The Labute approximate surface area is 208 Å². The summed E-state index contributed by atoms with van der Waals surface area (Å²) in [5, 5.41) is 0. The number of nitrogens with zero attached hydrogens (tertiary/aromatic N) is 1. The Hall–Kier alpha value is -1.91. The van der Waals surface area contributed by atoms with Crippen LogP contribution in [-0.2, 0) is 9.47 Å². The smallest absolute Gasteiger partial charge is 0.357 e. The molecule has 1 unspecified atom stereocenters. The lowest BCUT2D eigenvalue weighted by Crippen LogP contribution is -2.20. The first-order chi connectivity index (χ1) is 16.6. The number of esters is 2. The van der Waals surface area contributed by atoms with Gasteiger partial charge >= 0.3 is 11.9 Å². The lowest BCUT2D eigenvalue weighted by atomic mass is 10.1. The van der Waals surface area contributed by atoms with Crippen LogP contribution in [0.5, 0.6) is 0 Å². The molecule has 0 bridgehead atoms. The summed E-state index contributed by atoms with van der Waals surface area (Å²) >= 11 is 0. The average Bonchev–Trinajstić information content (AvgIpc) is 2.85. The first-order valence-corrected chi connectivity index (χ1v) is 14.0. The van der Waals surface area contributed by atoms with Crippen LogP contribution in [0.25, 0.3) is 0 Å². The molecule has 0 radical (unpaired) electrons. The zero-order valence-electron chi connectivity index (χ0n) is 22.1. The standard InChI is InChI=1S/C29H49NO4/c1-4-7-9-10-11-12-13-14-15-16-17-18-24-33-28(31)26-22-19-23-27(30-26)29(32)34-25(20-6-3)21-8-5-2/h19,22-23,25H,4-18,20-21,24H2,1-3H3. The molecule has 0 aromatic carbocycles. The molecule has 1 aromatic heterocycles. The minimum atomic E-state index is -0.478. The van der Waals surface area contributed by atoms with Crippen LogP contribution < -0.4 is 0 Å². The molecule has 0 aliphatic carbocycles. The van der Waals surface area contributed by atoms with Crippen molar-refractivity contribution in [1.29, 1.82) is 0 Å². The van der Waals surface area contributed by atoms with Crippen LogP contribution in [-0.4, -0.2) is 29.6 Å². The fourth-order valence-electron chi connectivity index (χ4n) is 4.07. The van der Waals surface area contributed by atoms with Gasteiger partial charge in [-0.3, -0.25) is 0 Å². The molecule has 0 aliphatic rings.